The lowest BCUT2D eigenvalue weighted by molar-refractivity contribution is -0.426. The van der Waals surface area contributed by atoms with Gasteiger partial charge in [-0.15, -0.1) is 0 Å². The Morgan fingerprint density at radius 2 is 1.21 bits per heavy atom. The molecule has 0 aromatic rings. The highest BCUT2D eigenvalue weighted by atomic mass is 19.4. The average Bonchev–Trinajstić information content (AvgIpc) is 2.51. The fourth-order valence-electron chi connectivity index (χ4n) is 6.70. The molecule has 1 N–H and O–H groups in total. The second-order valence-electron chi connectivity index (χ2n) is 11.4. The standard InChI is InChI=1S/C21H27F9O3/c1-14(2,3)15(4,19(22,23)24)13(31)33-18(20(25,26)27,21(28,29)30)16-6-11-5-12(7-16)9-17(32,8-11)10-16/h11-12,32H,5-10H2,1-4H3. The number of aliphatic hydroxyl groups is 1. The molecule has 3 atom stereocenters. The number of alkyl halides is 9. The number of ether oxygens (including phenoxy) is 1. The predicted molar refractivity (Wildman–Crippen MR) is 96.6 cm³/mol. The highest BCUT2D eigenvalue weighted by Gasteiger charge is 2.86. The summed E-state index contributed by atoms with van der Waals surface area (Å²) in [4.78, 5) is 12.8. The molecule has 4 aliphatic carbocycles. The van der Waals surface area contributed by atoms with Gasteiger partial charge in [0, 0.05) is 5.41 Å². The SMILES string of the molecule is CC(C)(C)C(C)(C(=O)OC(C(F)(F)F)(C(F)(F)F)C12CC3CC(CC(O)(C3)C1)C2)C(F)(F)F. The molecule has 3 nitrogen and oxygen atoms in total. The van der Waals surface area contributed by atoms with E-state index in [1.807, 2.05) is 0 Å². The molecule has 4 fully saturated rings. The first-order valence-electron chi connectivity index (χ1n) is 10.6. The Kier molecular flexibility index (Phi) is 5.55. The summed E-state index contributed by atoms with van der Waals surface area (Å²) in [6.45, 7) is 2.91. The van der Waals surface area contributed by atoms with Crippen molar-refractivity contribution in [1.29, 1.82) is 0 Å². The maximum Gasteiger partial charge on any atom is 0.438 e. The van der Waals surface area contributed by atoms with E-state index in [9.17, 15) is 49.4 Å². The highest BCUT2D eigenvalue weighted by Crippen LogP contribution is 2.71. The van der Waals surface area contributed by atoms with Gasteiger partial charge in [-0.2, -0.15) is 39.5 Å². The summed E-state index contributed by atoms with van der Waals surface area (Å²) < 4.78 is 133. The minimum atomic E-state index is -6.27. The van der Waals surface area contributed by atoms with E-state index in [1.165, 1.54) is 0 Å². The van der Waals surface area contributed by atoms with Crippen LogP contribution in [-0.4, -0.2) is 40.8 Å². The van der Waals surface area contributed by atoms with Gasteiger partial charge in [-0.3, -0.25) is 4.79 Å². The van der Waals surface area contributed by atoms with Gasteiger partial charge < -0.3 is 9.84 Å². The third-order valence-corrected chi connectivity index (χ3v) is 8.30. The summed E-state index contributed by atoms with van der Waals surface area (Å²) in [6.07, 6.45) is -20.0. The van der Waals surface area contributed by atoms with Gasteiger partial charge >= 0.3 is 30.1 Å². The van der Waals surface area contributed by atoms with Crippen molar-refractivity contribution in [2.75, 3.05) is 0 Å². The van der Waals surface area contributed by atoms with Crippen molar-refractivity contribution in [1.82, 2.24) is 0 Å². The Balaban J connectivity index is 2.24. The number of carbonyl (C=O) groups excluding carboxylic acids is 1. The fraction of sp³-hybridized carbons (Fsp3) is 0.952. The average molecular weight is 498 g/mol. The molecular formula is C21H27F9O3. The molecule has 4 saturated carbocycles. The van der Waals surface area contributed by atoms with Crippen molar-refractivity contribution in [3.63, 3.8) is 0 Å². The zero-order valence-electron chi connectivity index (χ0n) is 18.6. The van der Waals surface area contributed by atoms with E-state index in [1.54, 1.807) is 0 Å². The van der Waals surface area contributed by atoms with Crippen molar-refractivity contribution < 1.29 is 54.2 Å². The normalized spacial score (nSPS) is 34.8. The number of rotatable bonds is 3. The van der Waals surface area contributed by atoms with Crippen LogP contribution in [0.4, 0.5) is 39.5 Å². The van der Waals surface area contributed by atoms with Gasteiger partial charge in [0.05, 0.1) is 5.60 Å². The first-order chi connectivity index (χ1) is 14.4. The summed E-state index contributed by atoms with van der Waals surface area (Å²) in [5, 5.41) is 10.8. The minimum Gasteiger partial charge on any atom is -0.438 e. The molecular weight excluding hydrogens is 471 g/mol. The number of hydrogen-bond acceptors (Lipinski definition) is 3. The lowest BCUT2D eigenvalue weighted by Crippen LogP contribution is -2.75. The minimum absolute atomic E-state index is 0.00719. The smallest absolute Gasteiger partial charge is 0.438 e. The van der Waals surface area contributed by atoms with Crippen LogP contribution in [0.2, 0.25) is 0 Å². The molecule has 192 valence electrons. The quantitative estimate of drug-likeness (QED) is 0.365. The topological polar surface area (TPSA) is 46.5 Å². The van der Waals surface area contributed by atoms with E-state index in [-0.39, 0.29) is 19.8 Å². The molecule has 12 heteroatoms. The lowest BCUT2D eigenvalue weighted by Gasteiger charge is -2.65. The van der Waals surface area contributed by atoms with Crippen LogP contribution < -0.4 is 0 Å². The van der Waals surface area contributed by atoms with E-state index in [0.717, 1.165) is 20.8 Å². The van der Waals surface area contributed by atoms with Gasteiger partial charge in [0.25, 0.3) is 0 Å². The molecule has 0 heterocycles. The molecule has 3 unspecified atom stereocenters. The second kappa shape index (κ2) is 6.94. The largest absolute Gasteiger partial charge is 0.438 e. The van der Waals surface area contributed by atoms with E-state index < -0.39 is 83.0 Å². The third kappa shape index (κ3) is 3.55. The molecule has 4 aliphatic rings. The Hall–Kier alpha value is -1.20. The van der Waals surface area contributed by atoms with Gasteiger partial charge in [-0.05, 0) is 62.7 Å². The van der Waals surface area contributed by atoms with Crippen molar-refractivity contribution in [3.8, 4) is 0 Å². The number of esters is 1. The summed E-state index contributed by atoms with van der Waals surface area (Å²) in [5.74, 6) is -4.01. The van der Waals surface area contributed by atoms with E-state index in [0.29, 0.717) is 6.42 Å². The van der Waals surface area contributed by atoms with Crippen LogP contribution in [0, 0.1) is 28.1 Å². The van der Waals surface area contributed by atoms with Gasteiger partial charge in [0.2, 0.25) is 0 Å². The van der Waals surface area contributed by atoms with Crippen LogP contribution in [0.15, 0.2) is 0 Å². The maximum atomic E-state index is 14.5. The monoisotopic (exact) mass is 498 g/mol. The van der Waals surface area contributed by atoms with Crippen LogP contribution in [0.1, 0.15) is 66.2 Å². The molecule has 0 aromatic carbocycles. The molecule has 4 rings (SSSR count). The Bertz CT molecular complexity index is 762. The number of halogens is 9. The Labute approximate surface area is 185 Å². The zero-order chi connectivity index (χ0) is 25.7. The molecule has 0 aromatic heterocycles. The number of carbonyl (C=O) groups is 1. The maximum absolute atomic E-state index is 14.5. The third-order valence-electron chi connectivity index (χ3n) is 8.30. The fourth-order valence-corrected chi connectivity index (χ4v) is 6.70. The first-order valence-corrected chi connectivity index (χ1v) is 10.6. The molecule has 0 radical (unpaired) electrons. The van der Waals surface area contributed by atoms with Crippen LogP contribution in [0.3, 0.4) is 0 Å². The van der Waals surface area contributed by atoms with Crippen molar-refractivity contribution >= 4 is 5.97 Å². The summed E-state index contributed by atoms with van der Waals surface area (Å²) in [5.41, 5.74) is -15.6. The van der Waals surface area contributed by atoms with Crippen molar-refractivity contribution in [3.05, 3.63) is 0 Å². The van der Waals surface area contributed by atoms with Crippen molar-refractivity contribution in [2.24, 2.45) is 28.1 Å². The van der Waals surface area contributed by atoms with Crippen LogP contribution in [0.5, 0.6) is 0 Å². The molecule has 33 heavy (non-hydrogen) atoms. The van der Waals surface area contributed by atoms with Crippen LogP contribution in [-0.2, 0) is 9.53 Å². The lowest BCUT2D eigenvalue weighted by atomic mass is 9.43. The Morgan fingerprint density at radius 3 is 1.52 bits per heavy atom. The van der Waals surface area contributed by atoms with E-state index in [2.05, 4.69) is 4.74 Å². The Morgan fingerprint density at radius 1 is 0.788 bits per heavy atom. The molecule has 0 aliphatic heterocycles. The van der Waals surface area contributed by atoms with Crippen LogP contribution in [0.25, 0.3) is 0 Å². The van der Waals surface area contributed by atoms with E-state index in [4.69, 9.17) is 0 Å². The predicted octanol–water partition coefficient (Wildman–Crippen LogP) is 6.34. The van der Waals surface area contributed by atoms with Gasteiger partial charge in [-0.1, -0.05) is 20.8 Å². The highest BCUT2D eigenvalue weighted by molar-refractivity contribution is 5.79. The summed E-state index contributed by atoms with van der Waals surface area (Å²) in [7, 11) is 0. The molecule has 0 amide bonds. The second-order valence-corrected chi connectivity index (χ2v) is 11.4. The summed E-state index contributed by atoms with van der Waals surface area (Å²) >= 11 is 0. The zero-order valence-corrected chi connectivity index (χ0v) is 18.6. The first kappa shape index (κ1) is 26.4. The van der Waals surface area contributed by atoms with Gasteiger partial charge in [0.15, 0.2) is 5.41 Å². The number of hydrogen-bond donors (Lipinski definition) is 1. The van der Waals surface area contributed by atoms with Crippen LogP contribution >= 0.6 is 0 Å². The van der Waals surface area contributed by atoms with Gasteiger partial charge in [0.1, 0.15) is 0 Å². The summed E-state index contributed by atoms with van der Waals surface area (Å²) in [6, 6.07) is 0. The van der Waals surface area contributed by atoms with E-state index >= 15 is 0 Å². The molecule has 0 spiro atoms. The van der Waals surface area contributed by atoms with Gasteiger partial charge in [-0.25, -0.2) is 0 Å². The molecule has 0 saturated heterocycles. The molecule has 4 bridgehead atoms. The van der Waals surface area contributed by atoms with Crippen molar-refractivity contribution in [2.45, 2.75) is 96.0 Å².